The van der Waals surface area contributed by atoms with Crippen LogP contribution in [0.2, 0.25) is 0 Å². The van der Waals surface area contributed by atoms with Crippen molar-refractivity contribution in [3.8, 4) is 17.3 Å². The van der Waals surface area contributed by atoms with Crippen molar-refractivity contribution in [2.45, 2.75) is 6.42 Å². The van der Waals surface area contributed by atoms with E-state index in [0.717, 1.165) is 13.0 Å². The first-order chi connectivity index (χ1) is 11.9. The summed E-state index contributed by atoms with van der Waals surface area (Å²) in [7, 11) is 5.55. The first-order valence-electron chi connectivity index (χ1n) is 7.81. The fraction of sp³-hybridized carbons (Fsp3) is 0.353. The van der Waals surface area contributed by atoms with Gasteiger partial charge in [-0.1, -0.05) is 0 Å². The highest BCUT2D eigenvalue weighted by Crippen LogP contribution is 2.21. The lowest BCUT2D eigenvalue weighted by molar-refractivity contribution is 0.403. The Hall–Kier alpha value is -2.45. The van der Waals surface area contributed by atoms with Crippen LogP contribution in [-0.4, -0.2) is 60.1 Å². The van der Waals surface area contributed by atoms with Crippen molar-refractivity contribution in [1.82, 2.24) is 14.5 Å². The highest BCUT2D eigenvalue weighted by molar-refractivity contribution is 7.71. The lowest BCUT2D eigenvalue weighted by atomic mass is 10.2. The predicted molar refractivity (Wildman–Crippen MR) is 101 cm³/mol. The van der Waals surface area contributed by atoms with Gasteiger partial charge in [-0.15, -0.1) is 0 Å². The maximum absolute atomic E-state index is 12.1. The van der Waals surface area contributed by atoms with Crippen molar-refractivity contribution in [2.75, 3.05) is 34.3 Å². The van der Waals surface area contributed by atoms with Gasteiger partial charge in [0.15, 0.2) is 4.77 Å². The second-order valence-corrected chi connectivity index (χ2v) is 6.11. The van der Waals surface area contributed by atoms with Crippen molar-refractivity contribution in [2.24, 2.45) is 4.99 Å². The zero-order chi connectivity index (χ0) is 18.4. The van der Waals surface area contributed by atoms with Gasteiger partial charge in [-0.05, 0) is 63.5 Å². The van der Waals surface area contributed by atoms with Crippen molar-refractivity contribution in [1.29, 1.82) is 0 Å². The van der Waals surface area contributed by atoms with Gasteiger partial charge >= 0.3 is 0 Å². The fourth-order valence-corrected chi connectivity index (χ4v) is 2.54. The van der Waals surface area contributed by atoms with E-state index < -0.39 is 5.56 Å². The van der Waals surface area contributed by atoms with Gasteiger partial charge < -0.3 is 14.7 Å². The predicted octanol–water partition coefficient (Wildman–Crippen LogP) is 1.98. The van der Waals surface area contributed by atoms with Crippen LogP contribution in [0.15, 0.2) is 34.1 Å². The molecule has 2 N–H and O–H groups in total. The number of benzene rings is 1. The van der Waals surface area contributed by atoms with Crippen molar-refractivity contribution < 1.29 is 9.84 Å². The molecule has 0 aliphatic carbocycles. The Morgan fingerprint density at radius 3 is 2.64 bits per heavy atom. The highest BCUT2D eigenvalue weighted by atomic mass is 32.1. The van der Waals surface area contributed by atoms with Crippen LogP contribution in [0.5, 0.6) is 11.6 Å². The van der Waals surface area contributed by atoms with E-state index in [1.165, 1.54) is 10.8 Å². The fourth-order valence-electron chi connectivity index (χ4n) is 2.26. The van der Waals surface area contributed by atoms with Crippen LogP contribution < -0.4 is 10.3 Å². The van der Waals surface area contributed by atoms with E-state index >= 15 is 0 Å². The Labute approximate surface area is 151 Å². The Balaban J connectivity index is 2.34. The molecule has 2 aromatic rings. The van der Waals surface area contributed by atoms with Gasteiger partial charge in [0.25, 0.3) is 5.56 Å². The number of aliphatic imine (C=N–C) groups is 1. The number of aromatic nitrogens is 2. The molecule has 0 fully saturated rings. The van der Waals surface area contributed by atoms with Crippen LogP contribution >= 0.6 is 12.2 Å². The lowest BCUT2D eigenvalue weighted by Crippen LogP contribution is -2.18. The lowest BCUT2D eigenvalue weighted by Gasteiger charge is -2.11. The van der Waals surface area contributed by atoms with E-state index in [1.807, 2.05) is 14.1 Å². The SMILES string of the molecule is COc1ccc(-n2c(O)c(C=NCCCN(C)C)c(=O)[nH]c2=S)cc1. The second kappa shape index (κ2) is 8.59. The van der Waals surface area contributed by atoms with Gasteiger partial charge in [-0.25, -0.2) is 0 Å². The van der Waals surface area contributed by atoms with Gasteiger partial charge in [0.1, 0.15) is 11.3 Å². The maximum atomic E-state index is 12.1. The number of aromatic hydroxyl groups is 1. The van der Waals surface area contributed by atoms with Crippen molar-refractivity contribution >= 4 is 18.4 Å². The number of nitrogens with zero attached hydrogens (tertiary/aromatic N) is 3. The molecule has 1 heterocycles. The van der Waals surface area contributed by atoms with Crippen LogP contribution in [0.3, 0.4) is 0 Å². The van der Waals surface area contributed by atoms with Crippen LogP contribution in [0.1, 0.15) is 12.0 Å². The van der Waals surface area contributed by atoms with E-state index in [9.17, 15) is 9.90 Å². The minimum atomic E-state index is -0.469. The number of aromatic amines is 1. The second-order valence-electron chi connectivity index (χ2n) is 5.72. The van der Waals surface area contributed by atoms with Crippen LogP contribution in [0.4, 0.5) is 0 Å². The number of hydrogen-bond acceptors (Lipinski definition) is 6. The van der Waals surface area contributed by atoms with E-state index in [-0.39, 0.29) is 16.2 Å². The molecule has 0 radical (unpaired) electrons. The minimum Gasteiger partial charge on any atom is -0.497 e. The smallest absolute Gasteiger partial charge is 0.264 e. The molecule has 0 atom stereocenters. The van der Waals surface area contributed by atoms with Gasteiger partial charge in [0.05, 0.1) is 12.8 Å². The van der Waals surface area contributed by atoms with E-state index in [2.05, 4.69) is 14.9 Å². The molecular weight excluding hydrogens is 340 g/mol. The Bertz CT molecular complexity index is 854. The third-order valence-corrected chi connectivity index (χ3v) is 3.85. The van der Waals surface area contributed by atoms with Gasteiger partial charge in [0, 0.05) is 12.8 Å². The van der Waals surface area contributed by atoms with E-state index in [0.29, 0.717) is 18.0 Å². The zero-order valence-electron chi connectivity index (χ0n) is 14.5. The summed E-state index contributed by atoms with van der Waals surface area (Å²) in [5, 5.41) is 10.5. The molecule has 25 heavy (non-hydrogen) atoms. The first kappa shape index (κ1) is 18.9. The quantitative estimate of drug-likeness (QED) is 0.447. The number of hydrogen-bond donors (Lipinski definition) is 2. The van der Waals surface area contributed by atoms with Crippen molar-refractivity contribution in [3.05, 3.63) is 45.0 Å². The molecule has 0 amide bonds. The number of nitrogens with one attached hydrogen (secondary N) is 1. The van der Waals surface area contributed by atoms with Crippen LogP contribution in [-0.2, 0) is 0 Å². The molecule has 0 spiro atoms. The molecule has 2 rings (SSSR count). The molecule has 0 saturated carbocycles. The van der Waals surface area contributed by atoms with E-state index in [1.54, 1.807) is 31.4 Å². The molecule has 1 aromatic carbocycles. The molecule has 0 aliphatic rings. The summed E-state index contributed by atoms with van der Waals surface area (Å²) >= 11 is 5.18. The average Bonchev–Trinajstić information content (AvgIpc) is 2.57. The standard InChI is InChI=1S/C17H22N4O3S/c1-20(2)10-4-9-18-11-14-15(22)19-17(25)21(16(14)23)12-5-7-13(24-3)8-6-12/h5-8,11,23H,4,9-10H2,1-3H3,(H,19,22,25). The molecule has 134 valence electrons. The summed E-state index contributed by atoms with van der Waals surface area (Å²) in [4.78, 5) is 21.0. The number of H-pyrrole nitrogens is 1. The summed E-state index contributed by atoms with van der Waals surface area (Å²) in [6, 6.07) is 6.97. The number of methoxy groups -OCH3 is 1. The van der Waals surface area contributed by atoms with Gasteiger partial charge in [-0.2, -0.15) is 0 Å². The van der Waals surface area contributed by atoms with Crippen LogP contribution in [0, 0.1) is 4.77 Å². The zero-order valence-corrected chi connectivity index (χ0v) is 15.3. The molecule has 0 saturated heterocycles. The van der Waals surface area contributed by atoms with Crippen LogP contribution in [0.25, 0.3) is 5.69 Å². The molecule has 0 unspecified atom stereocenters. The van der Waals surface area contributed by atoms with Crippen molar-refractivity contribution in [3.63, 3.8) is 0 Å². The average molecular weight is 362 g/mol. The normalized spacial score (nSPS) is 11.4. The Kier molecular flexibility index (Phi) is 6.49. The summed E-state index contributed by atoms with van der Waals surface area (Å²) < 4.78 is 6.62. The first-order valence-corrected chi connectivity index (χ1v) is 8.22. The third kappa shape index (κ3) is 4.77. The Morgan fingerprint density at radius 2 is 2.04 bits per heavy atom. The molecule has 0 bridgehead atoms. The maximum Gasteiger partial charge on any atom is 0.264 e. The largest absolute Gasteiger partial charge is 0.497 e. The van der Waals surface area contributed by atoms with Gasteiger partial charge in [0.2, 0.25) is 5.88 Å². The summed E-state index contributed by atoms with van der Waals surface area (Å²) in [5.41, 5.74) is 0.222. The monoisotopic (exact) mass is 362 g/mol. The number of ether oxygens (including phenoxy) is 1. The topological polar surface area (TPSA) is 82.8 Å². The minimum absolute atomic E-state index is 0.0780. The molecule has 1 aromatic heterocycles. The molecule has 0 aliphatic heterocycles. The summed E-state index contributed by atoms with van der Waals surface area (Å²) in [6.45, 7) is 1.46. The Morgan fingerprint density at radius 1 is 1.36 bits per heavy atom. The summed E-state index contributed by atoms with van der Waals surface area (Å²) in [5.74, 6) is 0.442. The molecule has 7 nitrogen and oxygen atoms in total. The highest BCUT2D eigenvalue weighted by Gasteiger charge is 2.12. The number of rotatable bonds is 7. The van der Waals surface area contributed by atoms with E-state index in [4.69, 9.17) is 17.0 Å². The molecular formula is C17H22N4O3S. The third-order valence-electron chi connectivity index (χ3n) is 3.56. The molecule has 8 heteroatoms. The van der Waals surface area contributed by atoms with Gasteiger partial charge in [-0.3, -0.25) is 19.3 Å². The summed E-state index contributed by atoms with van der Waals surface area (Å²) in [6.07, 6.45) is 2.25.